The van der Waals surface area contributed by atoms with E-state index in [4.69, 9.17) is 20.4 Å². The van der Waals surface area contributed by atoms with Crippen LogP contribution in [0.5, 0.6) is 0 Å². The maximum Gasteiger partial charge on any atom is 0.291 e. The van der Waals surface area contributed by atoms with E-state index in [1.165, 1.54) is 34.3 Å². The van der Waals surface area contributed by atoms with Crippen LogP contribution in [0.3, 0.4) is 0 Å². The molecule has 2 aromatic heterocycles. The summed E-state index contributed by atoms with van der Waals surface area (Å²) in [5.41, 5.74) is -1.16. The lowest BCUT2D eigenvalue weighted by Gasteiger charge is -2.33. The molecule has 5 aromatic rings. The van der Waals surface area contributed by atoms with Crippen molar-refractivity contribution in [2.75, 3.05) is 4.90 Å². The third-order valence-corrected chi connectivity index (χ3v) is 7.61. The van der Waals surface area contributed by atoms with E-state index in [2.05, 4.69) is 0 Å². The van der Waals surface area contributed by atoms with E-state index in [1.807, 2.05) is 0 Å². The largest absolute Gasteiger partial charge is 0.467 e. The zero-order valence-corrected chi connectivity index (χ0v) is 20.9. The van der Waals surface area contributed by atoms with Gasteiger partial charge in [-0.25, -0.2) is 4.39 Å². The first-order valence-corrected chi connectivity index (χ1v) is 12.5. The normalized spacial score (nSPS) is 17.9. The van der Waals surface area contributed by atoms with Crippen LogP contribution in [0, 0.1) is 5.82 Å². The molecule has 0 bridgehead atoms. The highest BCUT2D eigenvalue weighted by molar-refractivity contribution is 6.31. The van der Waals surface area contributed by atoms with E-state index in [9.17, 15) is 18.8 Å². The lowest BCUT2D eigenvalue weighted by atomic mass is 9.84. The van der Waals surface area contributed by atoms with Crippen molar-refractivity contribution in [3.05, 3.63) is 134 Å². The van der Waals surface area contributed by atoms with Crippen molar-refractivity contribution in [2.45, 2.75) is 18.6 Å². The molecule has 1 atom stereocenters. The van der Waals surface area contributed by atoms with Crippen molar-refractivity contribution < 1.29 is 22.8 Å². The molecule has 9 heteroatoms. The number of furan rings is 1. The minimum Gasteiger partial charge on any atom is -0.467 e. The molecule has 192 valence electrons. The Labute approximate surface area is 225 Å². The standard InChI is InChI=1S/C30H18ClFN2O5/c31-18-11-12-24-20(14-18)26(35)25-27(39-24)28(36)34(16-19-7-5-13-38-19)30(25)21-8-2-4-10-23(21)33(29(30)37)15-17-6-1-3-9-22(17)32/h1-14H,15-16H2. The molecule has 4 heterocycles. The van der Waals surface area contributed by atoms with E-state index >= 15 is 0 Å². The van der Waals surface area contributed by atoms with Crippen LogP contribution in [0.4, 0.5) is 10.1 Å². The fraction of sp³-hybridized carbons (Fsp3) is 0.100. The number of fused-ring (bicyclic) bond motifs is 5. The first kappa shape index (κ1) is 23.4. The molecular weight excluding hydrogens is 523 g/mol. The van der Waals surface area contributed by atoms with Gasteiger partial charge in [0.25, 0.3) is 11.8 Å². The highest BCUT2D eigenvalue weighted by atomic mass is 35.5. The molecule has 0 radical (unpaired) electrons. The van der Waals surface area contributed by atoms with Crippen LogP contribution in [0.1, 0.15) is 33.0 Å². The second-order valence-corrected chi connectivity index (χ2v) is 9.89. The molecule has 0 aliphatic carbocycles. The van der Waals surface area contributed by atoms with Gasteiger partial charge in [0.15, 0.2) is 11.0 Å². The van der Waals surface area contributed by atoms with Gasteiger partial charge in [-0.2, -0.15) is 0 Å². The Balaban J connectivity index is 1.53. The van der Waals surface area contributed by atoms with Crippen molar-refractivity contribution in [3.8, 4) is 0 Å². The van der Waals surface area contributed by atoms with Gasteiger partial charge in [0.05, 0.1) is 36.0 Å². The minimum atomic E-state index is -1.86. The number of nitrogens with zero attached hydrogens (tertiary/aromatic N) is 2. The number of hydrogen-bond donors (Lipinski definition) is 0. The number of para-hydroxylation sites is 1. The fourth-order valence-electron chi connectivity index (χ4n) is 5.70. The van der Waals surface area contributed by atoms with Gasteiger partial charge < -0.3 is 18.6 Å². The number of halogens is 2. The molecule has 2 aliphatic heterocycles. The van der Waals surface area contributed by atoms with Gasteiger partial charge in [0.2, 0.25) is 5.76 Å². The van der Waals surface area contributed by atoms with Crippen molar-refractivity contribution in [1.82, 2.24) is 4.90 Å². The molecule has 2 amide bonds. The maximum absolute atomic E-state index is 14.7. The van der Waals surface area contributed by atoms with Crippen LogP contribution in [-0.4, -0.2) is 16.7 Å². The number of amides is 2. The molecule has 1 spiro atoms. The molecule has 0 fully saturated rings. The SMILES string of the molecule is O=C1c2oc3ccc(Cl)cc3c(=O)c2C2(C(=O)N(Cc3ccccc3F)c3ccccc32)N1Cc1ccco1. The van der Waals surface area contributed by atoms with Crippen molar-refractivity contribution in [2.24, 2.45) is 0 Å². The summed E-state index contributed by atoms with van der Waals surface area (Å²) in [4.78, 5) is 45.6. The lowest BCUT2D eigenvalue weighted by Crippen LogP contribution is -2.52. The monoisotopic (exact) mass is 540 g/mol. The Bertz CT molecular complexity index is 1880. The van der Waals surface area contributed by atoms with Gasteiger partial charge in [0, 0.05) is 16.1 Å². The van der Waals surface area contributed by atoms with Gasteiger partial charge in [-0.05, 0) is 42.5 Å². The summed E-state index contributed by atoms with van der Waals surface area (Å²) >= 11 is 6.20. The highest BCUT2D eigenvalue weighted by Gasteiger charge is 2.65. The van der Waals surface area contributed by atoms with Gasteiger partial charge in [-0.15, -0.1) is 0 Å². The van der Waals surface area contributed by atoms with Crippen molar-refractivity contribution in [1.29, 1.82) is 0 Å². The summed E-state index contributed by atoms with van der Waals surface area (Å²) < 4.78 is 26.3. The molecule has 0 saturated carbocycles. The second kappa shape index (κ2) is 8.41. The molecule has 7 nitrogen and oxygen atoms in total. The Morgan fingerprint density at radius 1 is 0.897 bits per heavy atom. The first-order valence-electron chi connectivity index (χ1n) is 12.2. The van der Waals surface area contributed by atoms with E-state index in [0.29, 0.717) is 22.0 Å². The van der Waals surface area contributed by atoms with Crippen LogP contribution < -0.4 is 10.3 Å². The number of hydrogen-bond acceptors (Lipinski definition) is 5. The topological polar surface area (TPSA) is 84.0 Å². The van der Waals surface area contributed by atoms with E-state index < -0.39 is 28.6 Å². The molecule has 0 N–H and O–H groups in total. The van der Waals surface area contributed by atoms with Crippen LogP contribution in [-0.2, 0) is 23.4 Å². The maximum atomic E-state index is 14.7. The number of carbonyl (C=O) groups is 2. The Morgan fingerprint density at radius 2 is 1.69 bits per heavy atom. The number of rotatable bonds is 4. The van der Waals surface area contributed by atoms with E-state index in [1.54, 1.807) is 60.7 Å². The minimum absolute atomic E-state index is 0.0951. The van der Waals surface area contributed by atoms with Gasteiger partial charge in [0.1, 0.15) is 17.2 Å². The van der Waals surface area contributed by atoms with Gasteiger partial charge in [-0.1, -0.05) is 48.0 Å². The molecule has 2 aliphatic rings. The summed E-state index contributed by atoms with van der Waals surface area (Å²) in [6.45, 7) is -0.215. The average molecular weight is 541 g/mol. The quantitative estimate of drug-likeness (QED) is 0.295. The third kappa shape index (κ3) is 3.18. The van der Waals surface area contributed by atoms with Crippen molar-refractivity contribution >= 4 is 40.1 Å². The third-order valence-electron chi connectivity index (χ3n) is 7.38. The molecule has 39 heavy (non-hydrogen) atoms. The molecular formula is C30H18ClFN2O5. The lowest BCUT2D eigenvalue weighted by molar-refractivity contribution is -0.126. The Morgan fingerprint density at radius 3 is 2.49 bits per heavy atom. The zero-order chi connectivity index (χ0) is 26.9. The Kier molecular flexibility index (Phi) is 5.05. The number of carbonyl (C=O) groups excluding carboxylic acids is 2. The molecule has 7 rings (SSSR count). The molecule has 0 saturated heterocycles. The Hall–Kier alpha value is -4.69. The van der Waals surface area contributed by atoms with Crippen LogP contribution in [0.25, 0.3) is 11.0 Å². The average Bonchev–Trinajstić information content (AvgIpc) is 3.60. The van der Waals surface area contributed by atoms with Crippen molar-refractivity contribution in [3.63, 3.8) is 0 Å². The second-order valence-electron chi connectivity index (χ2n) is 9.46. The smallest absolute Gasteiger partial charge is 0.291 e. The van der Waals surface area contributed by atoms with Crippen LogP contribution >= 0.6 is 11.6 Å². The van der Waals surface area contributed by atoms with E-state index in [0.717, 1.165) is 0 Å². The van der Waals surface area contributed by atoms with E-state index in [-0.39, 0.29) is 40.9 Å². The van der Waals surface area contributed by atoms with Gasteiger partial charge >= 0.3 is 0 Å². The summed E-state index contributed by atoms with van der Waals surface area (Å²) in [6, 6.07) is 20.9. The highest BCUT2D eigenvalue weighted by Crippen LogP contribution is 2.53. The predicted octanol–water partition coefficient (Wildman–Crippen LogP) is 5.62. The molecule has 3 aromatic carbocycles. The fourth-order valence-corrected chi connectivity index (χ4v) is 5.87. The van der Waals surface area contributed by atoms with Gasteiger partial charge in [-0.3, -0.25) is 14.4 Å². The first-order chi connectivity index (χ1) is 18.9. The van der Waals surface area contributed by atoms with Crippen LogP contribution in [0.15, 0.2) is 98.8 Å². The van der Waals surface area contributed by atoms with Crippen LogP contribution in [0.2, 0.25) is 5.02 Å². The number of anilines is 1. The summed E-state index contributed by atoms with van der Waals surface area (Å²) in [7, 11) is 0. The summed E-state index contributed by atoms with van der Waals surface area (Å²) in [5.74, 6) is -1.49. The summed E-state index contributed by atoms with van der Waals surface area (Å²) in [5, 5.41) is 0.450. The summed E-state index contributed by atoms with van der Waals surface area (Å²) in [6.07, 6.45) is 1.46. The number of benzene rings is 3. The predicted molar refractivity (Wildman–Crippen MR) is 141 cm³/mol. The zero-order valence-electron chi connectivity index (χ0n) is 20.2. The molecule has 1 unspecified atom stereocenters.